The molecule has 0 N–H and O–H groups in total. The molecule has 0 saturated carbocycles. The number of nitrogens with zero attached hydrogens (tertiary/aromatic N) is 4. The molecule has 2 amide bonds. The van der Waals surface area contributed by atoms with Crippen LogP contribution in [0.25, 0.3) is 0 Å². The maximum atomic E-state index is 12.8. The third kappa shape index (κ3) is 2.57. The van der Waals surface area contributed by atoms with Crippen LogP contribution in [-0.2, 0) is 19.1 Å². The smallest absolute Gasteiger partial charge is 0.355 e. The molecule has 0 radical (unpaired) electrons. The number of anilines is 1. The zero-order chi connectivity index (χ0) is 18.3. The minimum atomic E-state index is -1.26. The number of carbonyl (C=O) groups is 3. The zero-order valence-electron chi connectivity index (χ0n) is 13.9. The first-order chi connectivity index (χ1) is 11.9. The van der Waals surface area contributed by atoms with E-state index in [0.717, 1.165) is 16.0 Å². The lowest BCUT2D eigenvalue weighted by atomic mass is 9.98. The van der Waals surface area contributed by atoms with E-state index in [4.69, 9.17) is 4.74 Å². The second-order valence-corrected chi connectivity index (χ2v) is 5.89. The maximum Gasteiger partial charge on any atom is 0.355 e. The molecule has 2 atom stereocenters. The van der Waals surface area contributed by atoms with E-state index in [0.29, 0.717) is 10.8 Å². The highest BCUT2D eigenvalue weighted by atomic mass is 16.5. The Balaban J connectivity index is 2.03. The molecule has 130 valence electrons. The highest BCUT2D eigenvalue weighted by Gasteiger charge is 2.59. The summed E-state index contributed by atoms with van der Waals surface area (Å²) in [5.41, 5.74) is 1.85. The molecule has 2 aliphatic heterocycles. The number of hydrazone groups is 1. The van der Waals surface area contributed by atoms with Gasteiger partial charge in [0, 0.05) is 0 Å². The summed E-state index contributed by atoms with van der Waals surface area (Å²) in [6.45, 7) is 5.36. The van der Waals surface area contributed by atoms with Gasteiger partial charge in [0.2, 0.25) is 5.91 Å². The van der Waals surface area contributed by atoms with Gasteiger partial charge in [-0.05, 0) is 44.0 Å². The van der Waals surface area contributed by atoms with Gasteiger partial charge in [0.1, 0.15) is 5.92 Å². The first kappa shape index (κ1) is 16.7. The molecule has 1 saturated heterocycles. The van der Waals surface area contributed by atoms with Gasteiger partial charge in [-0.1, -0.05) is 6.07 Å². The van der Waals surface area contributed by atoms with Gasteiger partial charge in [0.05, 0.1) is 17.6 Å². The molecule has 0 aliphatic carbocycles. The molecule has 0 aromatic heterocycles. The Morgan fingerprint density at radius 2 is 1.84 bits per heavy atom. The first-order valence-corrected chi connectivity index (χ1v) is 7.73. The Morgan fingerprint density at radius 3 is 2.40 bits per heavy atom. The Hall–Kier alpha value is -3.10. The van der Waals surface area contributed by atoms with E-state index in [-0.39, 0.29) is 12.3 Å². The van der Waals surface area contributed by atoms with Gasteiger partial charge >= 0.3 is 5.97 Å². The predicted molar refractivity (Wildman–Crippen MR) is 87.4 cm³/mol. The Morgan fingerprint density at radius 1 is 1.20 bits per heavy atom. The third-order valence-corrected chi connectivity index (χ3v) is 4.06. The van der Waals surface area contributed by atoms with E-state index in [1.54, 1.807) is 19.1 Å². The number of hydrogen-bond acceptors (Lipinski definition) is 7. The van der Waals surface area contributed by atoms with Gasteiger partial charge in [0.15, 0.2) is 11.8 Å². The van der Waals surface area contributed by atoms with Crippen molar-refractivity contribution in [1.82, 2.24) is 5.12 Å². The summed E-state index contributed by atoms with van der Waals surface area (Å²) in [6.07, 6.45) is 0. The minimum absolute atomic E-state index is 0.0761. The van der Waals surface area contributed by atoms with Crippen LogP contribution in [0.15, 0.2) is 28.6 Å². The lowest BCUT2D eigenvalue weighted by Gasteiger charge is -2.18. The topological polar surface area (TPSA) is 109 Å². The Labute approximate surface area is 143 Å². The van der Waals surface area contributed by atoms with Gasteiger partial charge in [-0.2, -0.15) is 0 Å². The summed E-state index contributed by atoms with van der Waals surface area (Å²) in [6, 6.07) is 4.01. The molecule has 3 rings (SSSR count). The number of hydrogen-bond donors (Lipinski definition) is 0. The van der Waals surface area contributed by atoms with Crippen LogP contribution in [-0.4, -0.2) is 41.3 Å². The molecule has 2 aliphatic rings. The lowest BCUT2D eigenvalue weighted by molar-refractivity contribution is -0.136. The van der Waals surface area contributed by atoms with Crippen molar-refractivity contribution >= 4 is 29.2 Å². The average molecular weight is 344 g/mol. The van der Waals surface area contributed by atoms with Gasteiger partial charge in [-0.15, -0.1) is 15.1 Å². The maximum absolute atomic E-state index is 12.8. The summed E-state index contributed by atoms with van der Waals surface area (Å²) >= 11 is 0. The predicted octanol–water partition coefficient (Wildman–Crippen LogP) is 1.08. The van der Waals surface area contributed by atoms with E-state index in [1.165, 1.54) is 0 Å². The van der Waals surface area contributed by atoms with E-state index in [1.807, 2.05) is 19.9 Å². The molecule has 1 aromatic rings. The van der Waals surface area contributed by atoms with Crippen molar-refractivity contribution < 1.29 is 19.1 Å². The van der Waals surface area contributed by atoms with Crippen LogP contribution in [0.2, 0.25) is 0 Å². The number of amides is 2. The number of benzene rings is 1. The van der Waals surface area contributed by atoms with Crippen LogP contribution < -0.4 is 4.90 Å². The molecular weight excluding hydrogens is 328 g/mol. The molecule has 1 fully saturated rings. The minimum Gasteiger partial charge on any atom is -0.461 e. The number of carbonyl (C=O) groups excluding carboxylic acids is 3. The fourth-order valence-corrected chi connectivity index (χ4v) is 3.17. The second kappa shape index (κ2) is 6.08. The van der Waals surface area contributed by atoms with Crippen molar-refractivity contribution in [2.24, 2.45) is 16.3 Å². The standard InChI is InChI=1S/C16H16N4O5/c1-4-25-16(23)12-11-13(20(17-12)18-24)15(22)19(14(11)21)10-6-8(2)5-9(3)7-10/h5-7,11,13H,4H2,1-3H3/t11-,13-/m1/s1. The third-order valence-electron chi connectivity index (χ3n) is 4.06. The summed E-state index contributed by atoms with van der Waals surface area (Å²) < 4.78 is 4.87. The quantitative estimate of drug-likeness (QED) is 0.459. The normalized spacial score (nSPS) is 22.1. The second-order valence-electron chi connectivity index (χ2n) is 5.89. The lowest BCUT2D eigenvalue weighted by Crippen LogP contribution is -2.36. The largest absolute Gasteiger partial charge is 0.461 e. The molecule has 0 unspecified atom stereocenters. The Kier molecular flexibility index (Phi) is 4.07. The van der Waals surface area contributed by atoms with Crippen LogP contribution in [0, 0.1) is 24.7 Å². The summed E-state index contributed by atoms with van der Waals surface area (Å²) in [7, 11) is 0. The van der Waals surface area contributed by atoms with E-state index >= 15 is 0 Å². The molecule has 2 heterocycles. The fraction of sp³-hybridized carbons (Fsp3) is 0.375. The highest BCUT2D eigenvalue weighted by Crippen LogP contribution is 2.36. The van der Waals surface area contributed by atoms with Crippen molar-refractivity contribution in [3.63, 3.8) is 0 Å². The molecule has 9 heteroatoms. The van der Waals surface area contributed by atoms with Crippen molar-refractivity contribution in [3.05, 3.63) is 34.2 Å². The SMILES string of the molecule is CCOC(=O)C1=NN(N=O)[C@H]2C(=O)N(c3cc(C)cc(C)c3)C(=O)[C@H]12. The molecular formula is C16H16N4O5. The van der Waals surface area contributed by atoms with E-state index < -0.39 is 29.7 Å². The average Bonchev–Trinajstić information content (AvgIpc) is 3.04. The van der Waals surface area contributed by atoms with Crippen LogP contribution in [0.5, 0.6) is 0 Å². The van der Waals surface area contributed by atoms with Crippen LogP contribution in [0.4, 0.5) is 5.69 Å². The van der Waals surface area contributed by atoms with Gasteiger partial charge in [-0.3, -0.25) is 9.59 Å². The number of esters is 1. The molecule has 25 heavy (non-hydrogen) atoms. The summed E-state index contributed by atoms with van der Waals surface area (Å²) in [5.74, 6) is -3.32. The molecule has 1 aromatic carbocycles. The monoisotopic (exact) mass is 344 g/mol. The Bertz CT molecular complexity index is 798. The molecule has 9 nitrogen and oxygen atoms in total. The summed E-state index contributed by atoms with van der Waals surface area (Å²) in [4.78, 5) is 49.6. The molecule has 0 spiro atoms. The number of fused-ring (bicyclic) bond motifs is 1. The van der Waals surface area contributed by atoms with Gasteiger partial charge in [0.25, 0.3) is 5.91 Å². The van der Waals surface area contributed by atoms with Gasteiger partial charge in [-0.25, -0.2) is 9.69 Å². The number of imide groups is 1. The van der Waals surface area contributed by atoms with Gasteiger partial charge < -0.3 is 4.74 Å². The van der Waals surface area contributed by atoms with E-state index in [2.05, 4.69) is 10.4 Å². The van der Waals surface area contributed by atoms with E-state index in [9.17, 15) is 19.3 Å². The number of rotatable bonds is 4. The number of ether oxygens (including phenoxy) is 1. The number of aryl methyl sites for hydroxylation is 2. The number of nitroso groups, excluding NO2 is 1. The van der Waals surface area contributed by atoms with Crippen molar-refractivity contribution in [2.75, 3.05) is 11.5 Å². The zero-order valence-corrected chi connectivity index (χ0v) is 13.9. The first-order valence-electron chi connectivity index (χ1n) is 7.73. The highest BCUT2D eigenvalue weighted by molar-refractivity contribution is 6.46. The summed E-state index contributed by atoms with van der Waals surface area (Å²) in [5, 5.41) is 6.93. The van der Waals surface area contributed by atoms with Crippen molar-refractivity contribution in [1.29, 1.82) is 0 Å². The van der Waals surface area contributed by atoms with Crippen molar-refractivity contribution in [2.45, 2.75) is 26.8 Å². The van der Waals surface area contributed by atoms with Crippen LogP contribution in [0.3, 0.4) is 0 Å². The molecule has 0 bridgehead atoms. The fourth-order valence-electron chi connectivity index (χ4n) is 3.17. The van der Waals surface area contributed by atoms with Crippen LogP contribution >= 0.6 is 0 Å². The van der Waals surface area contributed by atoms with Crippen LogP contribution in [0.1, 0.15) is 18.1 Å². The van der Waals surface area contributed by atoms with Crippen molar-refractivity contribution in [3.8, 4) is 0 Å².